The van der Waals surface area contributed by atoms with Crippen molar-refractivity contribution >= 4 is 24.1 Å². The molecule has 3 atom stereocenters. The Kier molecular flexibility index (Phi) is 6.35. The maximum atomic E-state index is 12.6. The molecule has 7 heteroatoms. The minimum Gasteiger partial charge on any atom is -0.480 e. The molecular formula is C20H29NO5S. The first kappa shape index (κ1) is 21.4. The standard InChI is InChI=1S/C20H29NO5S/c1-13-12-21(18(24)25-19(2,3)4)16(17(22)23)11-20(13,5)14-8-7-9-15(10-14)26-27-6/h7-10,13,16H,11-12H2,1-6H3,(H,22,23)/t13-,16+,20+/m0/s1. The van der Waals surface area contributed by atoms with E-state index in [4.69, 9.17) is 8.92 Å². The molecule has 1 N–H and O–H groups in total. The summed E-state index contributed by atoms with van der Waals surface area (Å²) >= 11 is 1.26. The van der Waals surface area contributed by atoms with Crippen LogP contribution in [-0.4, -0.2) is 46.5 Å². The molecule has 1 fully saturated rings. The first-order valence-corrected chi connectivity index (χ1v) is 10.2. The van der Waals surface area contributed by atoms with Gasteiger partial charge in [-0.15, -0.1) is 0 Å². The van der Waals surface area contributed by atoms with Crippen LogP contribution in [0.3, 0.4) is 0 Å². The maximum Gasteiger partial charge on any atom is 0.411 e. The van der Waals surface area contributed by atoms with Crippen molar-refractivity contribution in [2.45, 2.75) is 58.1 Å². The van der Waals surface area contributed by atoms with E-state index in [2.05, 4.69) is 6.92 Å². The zero-order valence-corrected chi connectivity index (χ0v) is 17.6. The number of carbonyl (C=O) groups excluding carboxylic acids is 1. The number of likely N-dealkylation sites (tertiary alicyclic amines) is 1. The van der Waals surface area contributed by atoms with Gasteiger partial charge in [-0.05, 0) is 56.2 Å². The molecular weight excluding hydrogens is 366 g/mol. The maximum absolute atomic E-state index is 12.6. The molecule has 0 saturated carbocycles. The van der Waals surface area contributed by atoms with Crippen LogP contribution in [0.5, 0.6) is 5.75 Å². The van der Waals surface area contributed by atoms with Gasteiger partial charge in [0.15, 0.2) is 0 Å². The van der Waals surface area contributed by atoms with Crippen LogP contribution in [0, 0.1) is 5.92 Å². The third-order valence-electron chi connectivity index (χ3n) is 5.14. The Balaban J connectivity index is 2.33. The normalized spacial score (nSPS) is 25.8. The number of carbonyl (C=O) groups is 2. The Labute approximate surface area is 165 Å². The molecule has 1 saturated heterocycles. The number of piperidine rings is 1. The second-order valence-electron chi connectivity index (χ2n) is 8.29. The van der Waals surface area contributed by atoms with E-state index in [1.54, 1.807) is 20.8 Å². The Hall–Kier alpha value is -1.89. The minimum atomic E-state index is -1.02. The molecule has 27 heavy (non-hydrogen) atoms. The monoisotopic (exact) mass is 395 g/mol. The van der Waals surface area contributed by atoms with Crippen LogP contribution in [0.1, 0.15) is 46.6 Å². The van der Waals surface area contributed by atoms with Crippen LogP contribution < -0.4 is 4.18 Å². The summed E-state index contributed by atoms with van der Waals surface area (Å²) in [5, 5.41) is 9.78. The van der Waals surface area contributed by atoms with Crippen molar-refractivity contribution in [1.29, 1.82) is 0 Å². The highest BCUT2D eigenvalue weighted by Crippen LogP contribution is 2.43. The molecule has 150 valence electrons. The van der Waals surface area contributed by atoms with Gasteiger partial charge in [0, 0.05) is 12.8 Å². The van der Waals surface area contributed by atoms with Crippen LogP contribution in [0.2, 0.25) is 0 Å². The number of benzene rings is 1. The molecule has 0 radical (unpaired) electrons. The second kappa shape index (κ2) is 8.00. The molecule has 0 spiro atoms. The zero-order valence-electron chi connectivity index (χ0n) is 16.8. The lowest BCUT2D eigenvalue weighted by molar-refractivity contribution is -0.146. The molecule has 0 bridgehead atoms. The molecule has 0 aromatic heterocycles. The van der Waals surface area contributed by atoms with E-state index in [0.29, 0.717) is 13.0 Å². The number of aliphatic carboxylic acids is 1. The van der Waals surface area contributed by atoms with E-state index in [-0.39, 0.29) is 5.92 Å². The quantitative estimate of drug-likeness (QED) is 0.765. The summed E-state index contributed by atoms with van der Waals surface area (Å²) in [6.07, 6.45) is 1.57. The number of amides is 1. The first-order chi connectivity index (χ1) is 12.5. The molecule has 1 aliphatic rings. The van der Waals surface area contributed by atoms with Gasteiger partial charge in [-0.3, -0.25) is 4.90 Å². The highest BCUT2D eigenvalue weighted by molar-refractivity contribution is 7.94. The summed E-state index contributed by atoms with van der Waals surface area (Å²) in [6, 6.07) is 6.79. The molecule has 0 aliphatic carbocycles. The van der Waals surface area contributed by atoms with E-state index in [0.717, 1.165) is 11.3 Å². The molecule has 1 heterocycles. The molecule has 0 unspecified atom stereocenters. The van der Waals surface area contributed by atoms with E-state index in [1.165, 1.54) is 16.9 Å². The number of carboxylic acids is 1. The largest absolute Gasteiger partial charge is 0.480 e. The Morgan fingerprint density at radius 2 is 2.00 bits per heavy atom. The molecule has 6 nitrogen and oxygen atoms in total. The van der Waals surface area contributed by atoms with Gasteiger partial charge in [0.1, 0.15) is 17.4 Å². The SMILES string of the molecule is CSOc1cccc([C@]2(C)C[C@H](C(=O)O)N(C(=O)OC(C)(C)C)C[C@@H]2C)c1. The number of hydrogen-bond acceptors (Lipinski definition) is 5. The number of ether oxygens (including phenoxy) is 1. The van der Waals surface area contributed by atoms with Gasteiger partial charge in [0.2, 0.25) is 0 Å². The third-order valence-corrected chi connectivity index (χ3v) is 5.50. The molecule has 1 aliphatic heterocycles. The summed E-state index contributed by atoms with van der Waals surface area (Å²) in [4.78, 5) is 25.9. The zero-order chi connectivity index (χ0) is 20.4. The van der Waals surface area contributed by atoms with E-state index < -0.39 is 29.1 Å². The predicted octanol–water partition coefficient (Wildman–Crippen LogP) is 4.33. The summed E-state index contributed by atoms with van der Waals surface area (Å²) in [5.41, 5.74) is -0.0657. The fourth-order valence-corrected chi connectivity index (χ4v) is 3.78. The van der Waals surface area contributed by atoms with Crippen LogP contribution in [0.15, 0.2) is 24.3 Å². The van der Waals surface area contributed by atoms with Crippen LogP contribution in [0.4, 0.5) is 4.79 Å². The Bertz CT molecular complexity index is 702. The molecule has 1 aromatic carbocycles. The van der Waals surface area contributed by atoms with Crippen LogP contribution in [-0.2, 0) is 14.9 Å². The summed E-state index contributed by atoms with van der Waals surface area (Å²) in [5.74, 6) is -0.240. The van der Waals surface area contributed by atoms with Crippen molar-refractivity contribution in [1.82, 2.24) is 4.90 Å². The van der Waals surface area contributed by atoms with Gasteiger partial charge in [-0.1, -0.05) is 26.0 Å². The van der Waals surface area contributed by atoms with Gasteiger partial charge in [-0.25, -0.2) is 9.59 Å². The van der Waals surface area contributed by atoms with Crippen LogP contribution in [0.25, 0.3) is 0 Å². The topological polar surface area (TPSA) is 76.1 Å². The van der Waals surface area contributed by atoms with Crippen LogP contribution >= 0.6 is 12.0 Å². The van der Waals surface area contributed by atoms with E-state index in [9.17, 15) is 14.7 Å². The fourth-order valence-electron chi connectivity index (χ4n) is 3.48. The van der Waals surface area contributed by atoms with Crippen molar-refractivity contribution in [2.75, 3.05) is 12.8 Å². The fraction of sp³-hybridized carbons (Fsp3) is 0.600. The van der Waals surface area contributed by atoms with Crippen molar-refractivity contribution in [3.63, 3.8) is 0 Å². The number of nitrogens with zero attached hydrogens (tertiary/aromatic N) is 1. The average Bonchev–Trinajstić information content (AvgIpc) is 2.55. The second-order valence-corrected chi connectivity index (χ2v) is 8.79. The van der Waals surface area contributed by atoms with Crippen molar-refractivity contribution in [3.8, 4) is 5.75 Å². The lowest BCUT2D eigenvalue weighted by Gasteiger charge is -2.48. The van der Waals surface area contributed by atoms with Crippen molar-refractivity contribution in [2.24, 2.45) is 5.92 Å². The lowest BCUT2D eigenvalue weighted by Crippen LogP contribution is -2.58. The first-order valence-electron chi connectivity index (χ1n) is 9.01. The van der Waals surface area contributed by atoms with Gasteiger partial charge in [0.25, 0.3) is 0 Å². The molecule has 2 rings (SSSR count). The number of carboxylic acid groups (broad SMARTS) is 1. The Morgan fingerprint density at radius 1 is 1.33 bits per heavy atom. The van der Waals surface area contributed by atoms with Gasteiger partial charge in [0.05, 0.1) is 12.0 Å². The van der Waals surface area contributed by atoms with Gasteiger partial charge >= 0.3 is 12.1 Å². The summed E-state index contributed by atoms with van der Waals surface area (Å²) in [6.45, 7) is 9.73. The Morgan fingerprint density at radius 3 is 2.56 bits per heavy atom. The minimum absolute atomic E-state index is 0.0464. The highest BCUT2D eigenvalue weighted by Gasteiger charge is 2.48. The molecule has 1 aromatic rings. The highest BCUT2D eigenvalue weighted by atomic mass is 32.2. The number of hydrogen-bond donors (Lipinski definition) is 1. The molecule has 1 amide bonds. The average molecular weight is 396 g/mol. The third kappa shape index (κ3) is 4.89. The number of rotatable bonds is 4. The van der Waals surface area contributed by atoms with E-state index in [1.807, 2.05) is 37.4 Å². The van der Waals surface area contributed by atoms with Crippen molar-refractivity contribution < 1.29 is 23.6 Å². The lowest BCUT2D eigenvalue weighted by atomic mass is 9.66. The summed E-state index contributed by atoms with van der Waals surface area (Å²) in [7, 11) is 0. The van der Waals surface area contributed by atoms with Gasteiger partial charge < -0.3 is 14.0 Å². The predicted molar refractivity (Wildman–Crippen MR) is 106 cm³/mol. The van der Waals surface area contributed by atoms with E-state index >= 15 is 0 Å². The van der Waals surface area contributed by atoms with Crippen molar-refractivity contribution in [3.05, 3.63) is 29.8 Å². The summed E-state index contributed by atoms with van der Waals surface area (Å²) < 4.78 is 11.0. The smallest absolute Gasteiger partial charge is 0.411 e. The van der Waals surface area contributed by atoms with Gasteiger partial charge in [-0.2, -0.15) is 0 Å².